The minimum absolute atomic E-state index is 0. The Morgan fingerprint density at radius 1 is 1.25 bits per heavy atom. The van der Waals surface area contributed by atoms with E-state index in [9.17, 15) is 0 Å². The van der Waals surface area contributed by atoms with Gasteiger partial charge in [0, 0.05) is 29.6 Å². The summed E-state index contributed by atoms with van der Waals surface area (Å²) < 4.78 is 18.2. The first-order valence-corrected chi connectivity index (χ1v) is 0.309. The molecule has 4 heavy (non-hydrogen) atoms. The summed E-state index contributed by atoms with van der Waals surface area (Å²) in [6, 6.07) is 0. The van der Waals surface area contributed by atoms with Gasteiger partial charge in [-0.15, -0.1) is 0 Å². The van der Waals surface area contributed by atoms with Crippen LogP contribution in [0.25, 0.3) is 0 Å². The molecule has 0 saturated carbocycles. The van der Waals surface area contributed by atoms with Crippen LogP contribution in [0.2, 0.25) is 0 Å². The Balaban J connectivity index is 0. The molecule has 0 aromatic rings. The molecule has 0 atom stereocenters. The molecular weight excluding hydrogens is 176 g/mol. The average Bonchev–Trinajstić information content (AvgIpc) is 0.918. The summed E-state index contributed by atoms with van der Waals surface area (Å²) in [6.07, 6.45) is 0. The normalized spacial score (nSPS) is 4.50. The second-order valence-corrected chi connectivity index (χ2v) is 0.0583. The third-order valence-electron chi connectivity index (χ3n) is 0. The van der Waals surface area contributed by atoms with Gasteiger partial charge in [0.1, 0.15) is 0 Å². The van der Waals surface area contributed by atoms with E-state index in [1.165, 1.54) is 5.15 Å². The molecule has 1 nitrogen and oxygen atoms in total. The SMILES string of the molecule is FOF.[Sb]. The van der Waals surface area contributed by atoms with Gasteiger partial charge in [0.05, 0.1) is 0 Å². The minimum Gasteiger partial charge on any atom is -0.0104 e. The van der Waals surface area contributed by atoms with E-state index in [0.717, 1.165) is 0 Å². The quantitative estimate of drug-likeness (QED) is 0.485. The Kier molecular flexibility index (Phi) is 20.8. The van der Waals surface area contributed by atoms with Crippen molar-refractivity contribution in [2.24, 2.45) is 0 Å². The van der Waals surface area contributed by atoms with Crippen LogP contribution < -0.4 is 0 Å². The van der Waals surface area contributed by atoms with Gasteiger partial charge in [-0.25, -0.2) is 0 Å². The predicted molar refractivity (Wildman–Crippen MR) is 9.05 cm³/mol. The Morgan fingerprint density at radius 3 is 1.25 bits per heavy atom. The van der Waals surface area contributed by atoms with Crippen molar-refractivity contribution >= 4 is 24.4 Å². The van der Waals surface area contributed by atoms with Gasteiger partial charge >= 0.3 is 0 Å². The third-order valence-corrected chi connectivity index (χ3v) is 0. The average molecular weight is 176 g/mol. The maximum Gasteiger partial charge on any atom is 0.0209 e. The molecular formula is F2OSb. The van der Waals surface area contributed by atoms with Crippen molar-refractivity contribution in [3.8, 4) is 0 Å². The van der Waals surface area contributed by atoms with E-state index >= 15 is 0 Å². The molecule has 0 aromatic heterocycles. The molecule has 0 bridgehead atoms. The van der Waals surface area contributed by atoms with Crippen LogP contribution in [-0.2, 0) is 5.15 Å². The van der Waals surface area contributed by atoms with Crippen molar-refractivity contribution < 1.29 is 14.2 Å². The first-order valence-electron chi connectivity index (χ1n) is 0.309. The molecule has 0 N–H and O–H groups in total. The van der Waals surface area contributed by atoms with Crippen LogP contribution in [0, 0.1) is 0 Å². The van der Waals surface area contributed by atoms with Crippen molar-refractivity contribution in [2.45, 2.75) is 0 Å². The molecule has 0 spiro atoms. The van der Waals surface area contributed by atoms with E-state index < -0.39 is 0 Å². The van der Waals surface area contributed by atoms with Crippen LogP contribution in [0.5, 0.6) is 0 Å². The number of hydrogen-bond acceptors (Lipinski definition) is 1. The molecule has 0 saturated heterocycles. The van der Waals surface area contributed by atoms with Gasteiger partial charge in [0.2, 0.25) is 0 Å². The Labute approximate surface area is 39.2 Å². The first-order chi connectivity index (χ1) is 1.41. The predicted octanol–water partition coefficient (Wildman–Crippen LogP) is 0.391. The molecule has 25 valence electrons. The first kappa shape index (κ1) is 8.82. The standard InChI is InChI=1S/F2O.Sb/c1-3-2;. The summed E-state index contributed by atoms with van der Waals surface area (Å²) in [4.78, 5) is 0. The van der Waals surface area contributed by atoms with Crippen molar-refractivity contribution in [1.82, 2.24) is 0 Å². The molecule has 0 aromatic carbocycles. The zero-order valence-corrected chi connectivity index (χ0v) is 4.16. The molecule has 0 aliphatic heterocycles. The second kappa shape index (κ2) is 9.44. The molecule has 0 rings (SSSR count). The van der Waals surface area contributed by atoms with Crippen LogP contribution in [0.1, 0.15) is 0 Å². The monoisotopic (exact) mass is 175 g/mol. The topological polar surface area (TPSA) is 9.23 Å². The van der Waals surface area contributed by atoms with E-state index in [-0.39, 0.29) is 24.4 Å². The zero-order chi connectivity index (χ0) is 2.71. The molecule has 0 aliphatic carbocycles. The summed E-state index contributed by atoms with van der Waals surface area (Å²) in [7, 11) is 0. The van der Waals surface area contributed by atoms with E-state index in [0.29, 0.717) is 0 Å². The Bertz CT molecular complexity index is 6.00. The summed E-state index contributed by atoms with van der Waals surface area (Å²) in [5, 5.41) is 1.25. The Morgan fingerprint density at radius 2 is 1.25 bits per heavy atom. The molecule has 0 fully saturated rings. The fourth-order valence-electron chi connectivity index (χ4n) is 0. The smallest absolute Gasteiger partial charge is 0.0104 e. The van der Waals surface area contributed by atoms with E-state index in [4.69, 9.17) is 9.05 Å². The van der Waals surface area contributed by atoms with Gasteiger partial charge in [0.15, 0.2) is 0 Å². The van der Waals surface area contributed by atoms with Crippen molar-refractivity contribution in [2.75, 3.05) is 0 Å². The maximum atomic E-state index is 9.12. The number of hydrogen-bond donors (Lipinski definition) is 0. The Hall–Kier alpha value is 0.638. The van der Waals surface area contributed by atoms with Gasteiger partial charge in [-0.3, -0.25) is 0 Å². The van der Waals surface area contributed by atoms with Crippen molar-refractivity contribution in [3.05, 3.63) is 0 Å². The number of rotatable bonds is 0. The minimum atomic E-state index is 0. The number of halogens is 2. The van der Waals surface area contributed by atoms with Crippen LogP contribution >= 0.6 is 0 Å². The summed E-state index contributed by atoms with van der Waals surface area (Å²) >= 11 is 0. The second-order valence-electron chi connectivity index (χ2n) is 0.0583. The zero-order valence-electron chi connectivity index (χ0n) is 1.61. The molecule has 0 heterocycles. The summed E-state index contributed by atoms with van der Waals surface area (Å²) in [6.45, 7) is 0. The summed E-state index contributed by atoms with van der Waals surface area (Å²) in [5.41, 5.74) is 0. The fourth-order valence-corrected chi connectivity index (χ4v) is 0. The van der Waals surface area contributed by atoms with E-state index in [1.54, 1.807) is 0 Å². The summed E-state index contributed by atoms with van der Waals surface area (Å²) in [5.74, 6) is 0. The largest absolute Gasteiger partial charge is 0.0209 e. The maximum absolute atomic E-state index is 9.12. The van der Waals surface area contributed by atoms with E-state index in [1.807, 2.05) is 0 Å². The van der Waals surface area contributed by atoms with Crippen LogP contribution in [-0.4, -0.2) is 24.4 Å². The van der Waals surface area contributed by atoms with Gasteiger partial charge in [0.25, 0.3) is 0 Å². The van der Waals surface area contributed by atoms with Crippen LogP contribution in [0.4, 0.5) is 9.05 Å². The third kappa shape index (κ3) is 17.4. The molecule has 4 heteroatoms. The van der Waals surface area contributed by atoms with Gasteiger partial charge in [-0.1, -0.05) is 0 Å². The van der Waals surface area contributed by atoms with Crippen LogP contribution in [0.15, 0.2) is 0 Å². The fraction of sp³-hybridized carbons (Fsp3) is 0. The van der Waals surface area contributed by atoms with Crippen molar-refractivity contribution in [1.29, 1.82) is 0 Å². The van der Waals surface area contributed by atoms with Gasteiger partial charge < -0.3 is 0 Å². The van der Waals surface area contributed by atoms with Gasteiger partial charge in [-0.2, -0.15) is 0 Å². The van der Waals surface area contributed by atoms with E-state index in [2.05, 4.69) is 0 Å². The van der Waals surface area contributed by atoms with Gasteiger partial charge in [-0.05, 0) is 9.05 Å². The molecule has 0 amide bonds. The van der Waals surface area contributed by atoms with Crippen LogP contribution in [0.3, 0.4) is 0 Å². The van der Waals surface area contributed by atoms with Crippen molar-refractivity contribution in [3.63, 3.8) is 0 Å². The molecule has 3 radical (unpaired) electrons. The molecule has 0 aliphatic rings. The molecule has 0 unspecified atom stereocenters.